The van der Waals surface area contributed by atoms with Gasteiger partial charge in [-0.2, -0.15) is 10.5 Å². The molecule has 0 aliphatic carbocycles. The summed E-state index contributed by atoms with van der Waals surface area (Å²) >= 11 is 0. The molecule has 4 N–H and O–H groups in total. The largest absolute Gasteiger partial charge is 0.595 e. The fraction of sp³-hybridized carbons (Fsp3) is 0.0909. The van der Waals surface area contributed by atoms with Crippen LogP contribution in [-0.2, 0) is 12.8 Å². The van der Waals surface area contributed by atoms with E-state index in [0.717, 1.165) is 6.07 Å². The van der Waals surface area contributed by atoms with Gasteiger partial charge in [-0.15, -0.1) is 0 Å². The van der Waals surface area contributed by atoms with Crippen molar-refractivity contribution >= 4 is 22.9 Å². The minimum absolute atomic E-state index is 0.164. The SMILES string of the molecule is O=C(Cc1cc(CC(=O)c2ccccc2)c([NH+]([O-])O)cc1[NH+]([O-])O)c1ccccc1. The average Bonchev–Trinajstić information content (AvgIpc) is 2.74. The smallest absolute Gasteiger partial charge is 0.173 e. The molecule has 3 aromatic rings. The number of ketones is 2. The highest BCUT2D eigenvalue weighted by Gasteiger charge is 2.23. The van der Waals surface area contributed by atoms with E-state index in [1.807, 2.05) is 0 Å². The van der Waals surface area contributed by atoms with Crippen molar-refractivity contribution in [2.24, 2.45) is 0 Å². The Kier molecular flexibility index (Phi) is 6.80. The summed E-state index contributed by atoms with van der Waals surface area (Å²) in [7, 11) is 0. The molecule has 8 heteroatoms. The fourth-order valence-electron chi connectivity index (χ4n) is 3.18. The zero-order valence-electron chi connectivity index (χ0n) is 15.9. The van der Waals surface area contributed by atoms with Gasteiger partial charge in [-0.1, -0.05) is 60.7 Å². The maximum absolute atomic E-state index is 12.6. The van der Waals surface area contributed by atoms with Crippen molar-refractivity contribution in [3.63, 3.8) is 0 Å². The molecule has 0 saturated heterocycles. The Hall–Kier alpha value is -3.24. The van der Waals surface area contributed by atoms with E-state index < -0.39 is 10.5 Å². The maximum atomic E-state index is 12.6. The Morgan fingerprint density at radius 2 is 1.03 bits per heavy atom. The Labute approximate surface area is 172 Å². The van der Waals surface area contributed by atoms with Crippen molar-refractivity contribution in [2.75, 3.05) is 0 Å². The number of nitrogens with one attached hydrogen (secondary N) is 2. The standard InChI is InChI=1S/C22H20N2O6/c25-21(15-7-3-1-4-8-15)12-17-11-18(13-22(26)16-9-5-2-6-10-16)20(24(29)30)14-19(17)23(27)28/h1-11,14,23-24,27,29H,12-13H2. The second-order valence-corrected chi connectivity index (χ2v) is 6.71. The molecule has 0 bridgehead atoms. The predicted molar refractivity (Wildman–Crippen MR) is 107 cm³/mol. The molecule has 0 saturated carbocycles. The highest BCUT2D eigenvalue weighted by Crippen LogP contribution is 2.24. The van der Waals surface area contributed by atoms with E-state index in [1.165, 1.54) is 6.07 Å². The van der Waals surface area contributed by atoms with Crippen LogP contribution < -0.4 is 10.5 Å². The van der Waals surface area contributed by atoms with Crippen LogP contribution in [0.4, 0.5) is 11.4 Å². The van der Waals surface area contributed by atoms with Crippen molar-refractivity contribution < 1.29 is 30.5 Å². The number of hydrogen-bond acceptors (Lipinski definition) is 6. The van der Waals surface area contributed by atoms with Crippen LogP contribution in [0, 0.1) is 10.4 Å². The van der Waals surface area contributed by atoms with Crippen molar-refractivity contribution in [1.29, 1.82) is 0 Å². The summed E-state index contributed by atoms with van der Waals surface area (Å²) in [5, 5.41) is 39.8. The Morgan fingerprint density at radius 1 is 0.667 bits per heavy atom. The fourth-order valence-corrected chi connectivity index (χ4v) is 3.18. The molecule has 154 valence electrons. The van der Waals surface area contributed by atoms with Crippen LogP contribution in [-0.4, -0.2) is 22.0 Å². The van der Waals surface area contributed by atoms with Crippen LogP contribution in [0.1, 0.15) is 31.8 Å². The van der Waals surface area contributed by atoms with Crippen LogP contribution in [0.3, 0.4) is 0 Å². The van der Waals surface area contributed by atoms with Crippen LogP contribution in [0.2, 0.25) is 0 Å². The zero-order valence-corrected chi connectivity index (χ0v) is 15.9. The van der Waals surface area contributed by atoms with Crippen LogP contribution >= 0.6 is 0 Å². The van der Waals surface area contributed by atoms with Gasteiger partial charge in [-0.05, 0) is 6.07 Å². The highest BCUT2D eigenvalue weighted by atomic mass is 16.8. The third-order valence-electron chi connectivity index (χ3n) is 4.68. The van der Waals surface area contributed by atoms with E-state index in [1.54, 1.807) is 60.7 Å². The molecule has 0 heterocycles. The van der Waals surface area contributed by atoms with Gasteiger partial charge in [0.05, 0.1) is 6.07 Å². The summed E-state index contributed by atoms with van der Waals surface area (Å²) in [6.07, 6.45) is -0.448. The molecule has 2 unspecified atom stereocenters. The summed E-state index contributed by atoms with van der Waals surface area (Å²) in [4.78, 5) is 25.2. The molecule has 3 rings (SSSR count). The summed E-state index contributed by atoms with van der Waals surface area (Å²) < 4.78 is 0. The number of benzene rings is 3. The minimum Gasteiger partial charge on any atom is -0.595 e. The molecule has 0 amide bonds. The van der Waals surface area contributed by atoms with Crippen molar-refractivity contribution in [3.8, 4) is 0 Å². The van der Waals surface area contributed by atoms with Gasteiger partial charge >= 0.3 is 0 Å². The van der Waals surface area contributed by atoms with Crippen LogP contribution in [0.15, 0.2) is 72.8 Å². The minimum atomic E-state index is -1.34. The summed E-state index contributed by atoms with van der Waals surface area (Å²) in [6, 6.07) is 19.1. The second kappa shape index (κ2) is 9.51. The van der Waals surface area contributed by atoms with E-state index in [4.69, 9.17) is 0 Å². The quantitative estimate of drug-likeness (QED) is 0.329. The maximum Gasteiger partial charge on any atom is 0.173 e. The number of carbonyl (C=O) groups excluding carboxylic acids is 2. The molecule has 3 aromatic carbocycles. The summed E-state index contributed by atoms with van der Waals surface area (Å²) in [5.41, 5.74) is 0.616. The zero-order chi connectivity index (χ0) is 21.7. The summed E-state index contributed by atoms with van der Waals surface area (Å²) in [5.74, 6) is -0.608. The van der Waals surface area contributed by atoms with Crippen molar-refractivity contribution in [2.45, 2.75) is 12.8 Å². The van der Waals surface area contributed by atoms with E-state index in [-0.39, 0.29) is 46.9 Å². The van der Waals surface area contributed by atoms with E-state index in [2.05, 4.69) is 0 Å². The lowest BCUT2D eigenvalue weighted by Gasteiger charge is -2.21. The summed E-state index contributed by atoms with van der Waals surface area (Å²) in [6.45, 7) is 0. The van der Waals surface area contributed by atoms with Gasteiger partial charge in [0.2, 0.25) is 0 Å². The van der Waals surface area contributed by atoms with Gasteiger partial charge in [0.15, 0.2) is 22.9 Å². The lowest BCUT2D eigenvalue weighted by molar-refractivity contribution is -0.996. The molecule has 0 aliphatic rings. The first-order valence-electron chi connectivity index (χ1n) is 9.15. The number of rotatable bonds is 8. The number of quaternary nitrogens is 2. The van der Waals surface area contributed by atoms with E-state index in [9.17, 15) is 30.4 Å². The van der Waals surface area contributed by atoms with E-state index >= 15 is 0 Å². The normalized spacial score (nSPS) is 12.9. The molecule has 0 radical (unpaired) electrons. The average molecular weight is 408 g/mol. The Balaban J connectivity index is 1.99. The molecular weight excluding hydrogens is 388 g/mol. The third-order valence-corrected chi connectivity index (χ3v) is 4.68. The molecular formula is C22H20N2O6. The van der Waals surface area contributed by atoms with Gasteiger partial charge in [0.1, 0.15) is 0 Å². The molecule has 30 heavy (non-hydrogen) atoms. The lowest BCUT2D eigenvalue weighted by Crippen LogP contribution is -3.01. The second-order valence-electron chi connectivity index (χ2n) is 6.71. The lowest BCUT2D eigenvalue weighted by atomic mass is 9.95. The van der Waals surface area contributed by atoms with Gasteiger partial charge < -0.3 is 10.4 Å². The van der Waals surface area contributed by atoms with Crippen molar-refractivity contribution in [1.82, 2.24) is 0 Å². The van der Waals surface area contributed by atoms with Crippen LogP contribution in [0.25, 0.3) is 0 Å². The first-order chi connectivity index (χ1) is 14.4. The molecule has 8 nitrogen and oxygen atoms in total. The predicted octanol–water partition coefficient (Wildman–Crippen LogP) is 1.34. The molecule has 0 aromatic heterocycles. The van der Waals surface area contributed by atoms with Crippen molar-refractivity contribution in [3.05, 3.63) is 105 Å². The van der Waals surface area contributed by atoms with Gasteiger partial charge in [-0.3, -0.25) is 9.59 Å². The first kappa shape index (κ1) is 21.5. The van der Waals surface area contributed by atoms with Gasteiger partial charge in [-0.25, -0.2) is 10.4 Å². The first-order valence-corrected chi connectivity index (χ1v) is 9.15. The molecule has 2 atom stereocenters. The number of Topliss-reactive ketones (excluding diaryl/α,β-unsaturated/α-hetero) is 2. The monoisotopic (exact) mass is 408 g/mol. The Morgan fingerprint density at radius 3 is 1.37 bits per heavy atom. The number of carbonyl (C=O) groups is 2. The van der Waals surface area contributed by atoms with E-state index in [0.29, 0.717) is 11.1 Å². The molecule has 0 fully saturated rings. The van der Waals surface area contributed by atoms with Crippen LogP contribution in [0.5, 0.6) is 0 Å². The van der Waals surface area contributed by atoms with Gasteiger partial charge in [0.25, 0.3) is 0 Å². The topological polar surface area (TPSA) is 130 Å². The Bertz CT molecular complexity index is 956. The van der Waals surface area contributed by atoms with Gasteiger partial charge in [0, 0.05) is 35.1 Å². The molecule has 0 spiro atoms. The highest BCUT2D eigenvalue weighted by molar-refractivity contribution is 5.99. The number of hydrogen-bond donors (Lipinski definition) is 4. The molecule has 0 aliphatic heterocycles. The third kappa shape index (κ3) is 5.02.